The van der Waals surface area contributed by atoms with E-state index >= 15 is 0 Å². The minimum atomic E-state index is -0.261. The van der Waals surface area contributed by atoms with Crippen molar-refractivity contribution in [1.82, 2.24) is 25.1 Å². The standard InChI is InChI=1S/C29H43N5O2S/c1-6-23(7-2)34-26-15-14-22(18-25(26)32-27(34)19-24-13-11-17-37-24)29(36)30-20-28(35)31-21(5)12-10-16-33(8-3)9-4/h11,13-15,17-18,21,23H,6-10,12,16,19-20H2,1-5H3,(H,30,36)(H,31,35). The van der Waals surface area contributed by atoms with E-state index in [1.807, 2.05) is 25.1 Å². The van der Waals surface area contributed by atoms with Crippen molar-refractivity contribution in [2.24, 2.45) is 0 Å². The second-order valence-corrected chi connectivity index (χ2v) is 10.7. The number of carbonyl (C=O) groups excluding carboxylic acids is 2. The van der Waals surface area contributed by atoms with Crippen LogP contribution in [0.3, 0.4) is 0 Å². The lowest BCUT2D eigenvalue weighted by molar-refractivity contribution is -0.120. The van der Waals surface area contributed by atoms with Gasteiger partial charge < -0.3 is 20.1 Å². The van der Waals surface area contributed by atoms with E-state index < -0.39 is 0 Å². The summed E-state index contributed by atoms with van der Waals surface area (Å²) >= 11 is 1.73. The number of benzene rings is 1. The molecule has 2 heterocycles. The Morgan fingerprint density at radius 2 is 1.86 bits per heavy atom. The summed E-state index contributed by atoms with van der Waals surface area (Å²) in [5.74, 6) is 0.599. The molecule has 0 bridgehead atoms. The van der Waals surface area contributed by atoms with Gasteiger partial charge in [0.1, 0.15) is 5.82 Å². The van der Waals surface area contributed by atoms with Crippen molar-refractivity contribution in [3.63, 3.8) is 0 Å². The number of imidazole rings is 1. The highest BCUT2D eigenvalue weighted by Gasteiger charge is 2.19. The first-order valence-electron chi connectivity index (χ1n) is 13.7. The molecular formula is C29H43N5O2S. The molecule has 0 saturated heterocycles. The number of fused-ring (bicyclic) bond motifs is 1. The number of hydrogen-bond donors (Lipinski definition) is 2. The summed E-state index contributed by atoms with van der Waals surface area (Å²) in [6.45, 7) is 13.8. The van der Waals surface area contributed by atoms with Gasteiger partial charge in [0.25, 0.3) is 5.91 Å². The molecule has 8 heteroatoms. The number of amides is 2. The van der Waals surface area contributed by atoms with Crippen LogP contribution in [0.15, 0.2) is 35.7 Å². The van der Waals surface area contributed by atoms with Crippen LogP contribution in [0.2, 0.25) is 0 Å². The van der Waals surface area contributed by atoms with Crippen LogP contribution in [0.5, 0.6) is 0 Å². The first kappa shape index (κ1) is 28.9. The maximum absolute atomic E-state index is 12.9. The predicted molar refractivity (Wildman–Crippen MR) is 153 cm³/mol. The Balaban J connectivity index is 1.62. The van der Waals surface area contributed by atoms with Crippen molar-refractivity contribution < 1.29 is 9.59 Å². The Morgan fingerprint density at radius 3 is 2.51 bits per heavy atom. The fourth-order valence-electron chi connectivity index (χ4n) is 4.87. The summed E-state index contributed by atoms with van der Waals surface area (Å²) in [4.78, 5) is 33.9. The van der Waals surface area contributed by atoms with E-state index in [2.05, 4.69) is 65.3 Å². The zero-order chi connectivity index (χ0) is 26.8. The summed E-state index contributed by atoms with van der Waals surface area (Å²) in [7, 11) is 0. The first-order chi connectivity index (χ1) is 17.9. The lowest BCUT2D eigenvalue weighted by Gasteiger charge is -2.20. The van der Waals surface area contributed by atoms with Gasteiger partial charge in [-0.2, -0.15) is 0 Å². The Labute approximate surface area is 225 Å². The van der Waals surface area contributed by atoms with Crippen molar-refractivity contribution in [1.29, 1.82) is 0 Å². The summed E-state index contributed by atoms with van der Waals surface area (Å²) in [5, 5.41) is 7.86. The molecule has 2 aromatic heterocycles. The summed E-state index contributed by atoms with van der Waals surface area (Å²) in [6, 6.07) is 10.3. The van der Waals surface area contributed by atoms with E-state index in [4.69, 9.17) is 4.98 Å². The van der Waals surface area contributed by atoms with Gasteiger partial charge in [0, 0.05) is 28.9 Å². The zero-order valence-electron chi connectivity index (χ0n) is 23.0. The molecule has 202 valence electrons. The smallest absolute Gasteiger partial charge is 0.251 e. The Kier molecular flexibility index (Phi) is 11.1. The van der Waals surface area contributed by atoms with Crippen LogP contribution in [0.25, 0.3) is 11.0 Å². The summed E-state index contributed by atoms with van der Waals surface area (Å²) in [5.41, 5.74) is 2.38. The van der Waals surface area contributed by atoms with Crippen LogP contribution in [0.1, 0.15) is 87.4 Å². The van der Waals surface area contributed by atoms with Crippen LogP contribution >= 0.6 is 11.3 Å². The molecule has 0 spiro atoms. The molecule has 2 N–H and O–H groups in total. The normalized spacial score (nSPS) is 12.4. The quantitative estimate of drug-likeness (QED) is 0.278. The van der Waals surface area contributed by atoms with Gasteiger partial charge in [-0.1, -0.05) is 33.8 Å². The third kappa shape index (κ3) is 7.89. The minimum absolute atomic E-state index is 0.0386. The van der Waals surface area contributed by atoms with Crippen molar-refractivity contribution in [2.45, 2.75) is 78.8 Å². The Morgan fingerprint density at radius 1 is 1.11 bits per heavy atom. The molecule has 3 aromatic rings. The lowest BCUT2D eigenvalue weighted by Crippen LogP contribution is -2.41. The van der Waals surface area contributed by atoms with E-state index in [0.717, 1.165) is 68.6 Å². The van der Waals surface area contributed by atoms with E-state index in [0.29, 0.717) is 11.6 Å². The van der Waals surface area contributed by atoms with E-state index in [1.54, 1.807) is 11.3 Å². The van der Waals surface area contributed by atoms with Gasteiger partial charge >= 0.3 is 0 Å². The summed E-state index contributed by atoms with van der Waals surface area (Å²) < 4.78 is 2.34. The first-order valence-corrected chi connectivity index (χ1v) is 14.6. The third-order valence-electron chi connectivity index (χ3n) is 7.07. The molecule has 0 saturated carbocycles. The van der Waals surface area contributed by atoms with E-state index in [9.17, 15) is 9.59 Å². The van der Waals surface area contributed by atoms with Crippen LogP contribution in [-0.4, -0.2) is 58.5 Å². The number of nitrogens with one attached hydrogen (secondary N) is 2. The number of hydrogen-bond acceptors (Lipinski definition) is 5. The molecule has 0 radical (unpaired) electrons. The van der Waals surface area contributed by atoms with Crippen LogP contribution in [0.4, 0.5) is 0 Å². The van der Waals surface area contributed by atoms with E-state index in [1.165, 1.54) is 4.88 Å². The molecule has 3 rings (SSSR count). The van der Waals surface area contributed by atoms with E-state index in [-0.39, 0.29) is 24.4 Å². The molecule has 37 heavy (non-hydrogen) atoms. The second kappa shape index (κ2) is 14.3. The molecule has 7 nitrogen and oxygen atoms in total. The van der Waals surface area contributed by atoms with Gasteiger partial charge in [-0.25, -0.2) is 4.98 Å². The maximum atomic E-state index is 12.9. The van der Waals surface area contributed by atoms with Gasteiger partial charge in [0.2, 0.25) is 5.91 Å². The SMILES string of the molecule is CCC(CC)n1c(Cc2cccs2)nc2cc(C(=O)NCC(=O)NC(C)CCCN(CC)CC)ccc21. The van der Waals surface area contributed by atoms with Crippen molar-refractivity contribution in [2.75, 3.05) is 26.2 Å². The molecule has 1 unspecified atom stereocenters. The Hall–Kier alpha value is -2.71. The van der Waals surface area contributed by atoms with Crippen molar-refractivity contribution in [3.8, 4) is 0 Å². The highest BCUT2D eigenvalue weighted by Crippen LogP contribution is 2.28. The van der Waals surface area contributed by atoms with Gasteiger partial charge in [0.15, 0.2) is 0 Å². The number of nitrogens with zero attached hydrogens (tertiary/aromatic N) is 3. The number of thiophene rings is 1. The minimum Gasteiger partial charge on any atom is -0.352 e. The highest BCUT2D eigenvalue weighted by molar-refractivity contribution is 7.09. The molecule has 1 atom stereocenters. The number of carbonyl (C=O) groups is 2. The zero-order valence-corrected chi connectivity index (χ0v) is 23.9. The van der Waals surface area contributed by atoms with Gasteiger partial charge in [0.05, 0.1) is 17.6 Å². The largest absolute Gasteiger partial charge is 0.352 e. The van der Waals surface area contributed by atoms with Gasteiger partial charge in [-0.05, 0) is 81.9 Å². The van der Waals surface area contributed by atoms with Crippen LogP contribution in [0, 0.1) is 0 Å². The molecule has 0 fully saturated rings. The van der Waals surface area contributed by atoms with Crippen molar-refractivity contribution >= 4 is 34.2 Å². The fraction of sp³-hybridized carbons (Fsp3) is 0.552. The van der Waals surface area contributed by atoms with Crippen molar-refractivity contribution in [3.05, 3.63) is 52.0 Å². The molecule has 0 aliphatic carbocycles. The number of aromatic nitrogens is 2. The Bertz CT molecular complexity index is 1130. The predicted octanol–water partition coefficient (Wildman–Crippen LogP) is 5.41. The topological polar surface area (TPSA) is 79.3 Å². The molecule has 2 amide bonds. The molecular weight excluding hydrogens is 482 g/mol. The van der Waals surface area contributed by atoms with Crippen LogP contribution < -0.4 is 10.6 Å². The second-order valence-electron chi connectivity index (χ2n) is 9.65. The van der Waals surface area contributed by atoms with Gasteiger partial charge in [-0.3, -0.25) is 9.59 Å². The molecule has 0 aliphatic rings. The lowest BCUT2D eigenvalue weighted by atomic mass is 10.1. The van der Waals surface area contributed by atoms with Gasteiger partial charge in [-0.15, -0.1) is 11.3 Å². The molecule has 1 aromatic carbocycles. The average molecular weight is 526 g/mol. The average Bonchev–Trinajstić information content (AvgIpc) is 3.53. The monoisotopic (exact) mass is 525 g/mol. The highest BCUT2D eigenvalue weighted by atomic mass is 32.1. The number of rotatable bonds is 15. The maximum Gasteiger partial charge on any atom is 0.251 e. The molecule has 0 aliphatic heterocycles. The summed E-state index contributed by atoms with van der Waals surface area (Å²) in [6.07, 6.45) is 4.76. The van der Waals surface area contributed by atoms with Crippen LogP contribution in [-0.2, 0) is 11.2 Å². The third-order valence-corrected chi connectivity index (χ3v) is 7.94. The fourth-order valence-corrected chi connectivity index (χ4v) is 5.57.